The Kier molecular flexibility index (Phi) is 6.45. The number of benzene rings is 1. The fourth-order valence-electron chi connectivity index (χ4n) is 12.9. The SMILES string of the molecule is CC(=O)N(Cc1cccc(F)c1)CC1C[C@@H](C)[C@H]2C(O1)[C@H](O)[C@@]1(C)C3CC[C@H]4C(C)(C)C(O)CCC45CC35CCC21C. The molecule has 232 valence electrons. The second-order valence-corrected chi connectivity index (χ2v) is 16.7. The summed E-state index contributed by atoms with van der Waals surface area (Å²) in [5.41, 5.74) is 1.12. The van der Waals surface area contributed by atoms with Crippen molar-refractivity contribution in [2.24, 2.45) is 50.7 Å². The molecule has 1 saturated heterocycles. The molecule has 1 aliphatic heterocycles. The molecule has 2 N–H and O–H groups in total. The highest BCUT2D eigenvalue weighted by Crippen LogP contribution is 2.89. The maximum atomic E-state index is 13.9. The summed E-state index contributed by atoms with van der Waals surface area (Å²) in [5.74, 6) is 1.36. The van der Waals surface area contributed by atoms with Gasteiger partial charge in [-0.1, -0.05) is 46.8 Å². The lowest BCUT2D eigenvalue weighted by molar-refractivity contribution is -0.182. The summed E-state index contributed by atoms with van der Waals surface area (Å²) in [7, 11) is 0. The summed E-state index contributed by atoms with van der Waals surface area (Å²) in [6.07, 6.45) is 7.69. The van der Waals surface area contributed by atoms with Gasteiger partial charge in [-0.05, 0) is 114 Å². The Morgan fingerprint density at radius 2 is 1.76 bits per heavy atom. The molecule has 1 amide bonds. The van der Waals surface area contributed by atoms with Crippen LogP contribution in [0.3, 0.4) is 0 Å². The molecular formula is C36H52FNO4. The molecule has 7 rings (SSSR count). The molecule has 5 nitrogen and oxygen atoms in total. The van der Waals surface area contributed by atoms with E-state index in [1.165, 1.54) is 25.0 Å². The highest BCUT2D eigenvalue weighted by Gasteiger charge is 2.84. The van der Waals surface area contributed by atoms with Gasteiger partial charge in [0.1, 0.15) is 5.82 Å². The molecule has 12 atom stereocenters. The normalized spacial score (nSPS) is 50.0. The molecule has 1 aromatic carbocycles. The van der Waals surface area contributed by atoms with Crippen LogP contribution in [0.5, 0.6) is 0 Å². The summed E-state index contributed by atoms with van der Waals surface area (Å²) >= 11 is 0. The fraction of sp³-hybridized carbons (Fsp3) is 0.806. The first-order chi connectivity index (χ1) is 19.7. The predicted molar refractivity (Wildman–Crippen MR) is 160 cm³/mol. The number of ether oxygens (including phenoxy) is 1. The quantitative estimate of drug-likeness (QED) is 0.435. The van der Waals surface area contributed by atoms with E-state index in [0.29, 0.717) is 36.3 Å². The first kappa shape index (κ1) is 29.2. The summed E-state index contributed by atoms with van der Waals surface area (Å²) in [5, 5.41) is 23.4. The van der Waals surface area contributed by atoms with Crippen LogP contribution in [0, 0.1) is 56.6 Å². The number of nitrogens with zero attached hydrogens (tertiary/aromatic N) is 1. The van der Waals surface area contributed by atoms with E-state index in [-0.39, 0.29) is 57.6 Å². The number of carbonyl (C=O) groups excluding carboxylic acids is 1. The van der Waals surface area contributed by atoms with Crippen molar-refractivity contribution in [3.63, 3.8) is 0 Å². The van der Waals surface area contributed by atoms with Gasteiger partial charge in [0.2, 0.25) is 5.91 Å². The first-order valence-corrected chi connectivity index (χ1v) is 16.7. The molecule has 5 aliphatic carbocycles. The van der Waals surface area contributed by atoms with Crippen LogP contribution < -0.4 is 0 Å². The second kappa shape index (κ2) is 9.26. The van der Waals surface area contributed by atoms with Gasteiger partial charge < -0.3 is 19.8 Å². The molecule has 0 radical (unpaired) electrons. The average Bonchev–Trinajstić information content (AvgIpc) is 3.55. The number of hydrogen-bond donors (Lipinski definition) is 2. The van der Waals surface area contributed by atoms with E-state index in [0.717, 1.165) is 44.1 Å². The molecule has 42 heavy (non-hydrogen) atoms. The molecule has 0 aromatic heterocycles. The number of amides is 1. The van der Waals surface area contributed by atoms with Crippen LogP contribution in [0.15, 0.2) is 24.3 Å². The van der Waals surface area contributed by atoms with E-state index >= 15 is 0 Å². The molecule has 2 spiro atoms. The number of carbonyl (C=O) groups is 1. The standard InChI is InChI=1S/C36H52FNO4/c1-21-16-25(19-38(22(2)39)18-23-8-7-9-24(37)17-23)42-30-29(21)33(5)14-15-36-20-35(36)13-12-28(40)32(3,4)26(35)10-11-27(36)34(33,6)31(30)41/h7-9,17,21,25-31,40-41H,10-16,18-20H2,1-6H3/t21-,25?,26+,27?,28?,29+,30?,31+,33?,34-,35?,36?/m1/s1. The molecule has 1 heterocycles. The average molecular weight is 582 g/mol. The smallest absolute Gasteiger partial charge is 0.219 e. The van der Waals surface area contributed by atoms with Crippen LogP contribution in [-0.4, -0.2) is 52.0 Å². The molecule has 6 aliphatic rings. The van der Waals surface area contributed by atoms with Crippen molar-refractivity contribution in [2.45, 2.75) is 124 Å². The maximum absolute atomic E-state index is 13.9. The Bertz CT molecular complexity index is 1270. The Morgan fingerprint density at radius 3 is 2.48 bits per heavy atom. The molecular weight excluding hydrogens is 529 g/mol. The van der Waals surface area contributed by atoms with Gasteiger partial charge in [-0.15, -0.1) is 0 Å². The third-order valence-electron chi connectivity index (χ3n) is 15.0. The lowest BCUT2D eigenvalue weighted by Crippen LogP contribution is -2.59. The number of hydrogen-bond acceptors (Lipinski definition) is 4. The van der Waals surface area contributed by atoms with Gasteiger partial charge in [0.15, 0.2) is 0 Å². The lowest BCUT2D eigenvalue weighted by Gasteiger charge is -2.63. The lowest BCUT2D eigenvalue weighted by atomic mass is 9.41. The first-order valence-electron chi connectivity index (χ1n) is 16.7. The summed E-state index contributed by atoms with van der Waals surface area (Å²) < 4.78 is 20.7. The van der Waals surface area contributed by atoms with E-state index in [9.17, 15) is 19.4 Å². The monoisotopic (exact) mass is 581 g/mol. The summed E-state index contributed by atoms with van der Waals surface area (Å²) in [6.45, 7) is 14.2. The predicted octanol–water partition coefficient (Wildman–Crippen LogP) is 6.35. The Balaban J connectivity index is 1.15. The van der Waals surface area contributed by atoms with Crippen molar-refractivity contribution >= 4 is 5.91 Å². The van der Waals surface area contributed by atoms with Crippen LogP contribution in [0.1, 0.15) is 98.5 Å². The summed E-state index contributed by atoms with van der Waals surface area (Å²) in [4.78, 5) is 14.4. The molecule has 6 fully saturated rings. The Labute approximate surface area is 251 Å². The minimum atomic E-state index is -0.537. The van der Waals surface area contributed by atoms with Gasteiger partial charge in [-0.25, -0.2) is 4.39 Å². The minimum absolute atomic E-state index is 0.000466. The van der Waals surface area contributed by atoms with E-state index < -0.39 is 6.10 Å². The zero-order chi connectivity index (χ0) is 30.0. The molecule has 0 bridgehead atoms. The van der Waals surface area contributed by atoms with E-state index in [1.54, 1.807) is 17.9 Å². The Morgan fingerprint density at radius 1 is 1.05 bits per heavy atom. The number of aliphatic hydroxyl groups excluding tert-OH is 2. The Hall–Kier alpha value is -1.50. The van der Waals surface area contributed by atoms with Gasteiger partial charge >= 0.3 is 0 Å². The number of rotatable bonds is 4. The van der Waals surface area contributed by atoms with Crippen molar-refractivity contribution in [2.75, 3.05) is 6.54 Å². The van der Waals surface area contributed by atoms with Crippen molar-refractivity contribution in [1.82, 2.24) is 4.90 Å². The van der Waals surface area contributed by atoms with Crippen molar-refractivity contribution in [3.8, 4) is 0 Å². The topological polar surface area (TPSA) is 70.0 Å². The third-order valence-corrected chi connectivity index (χ3v) is 15.0. The second-order valence-electron chi connectivity index (χ2n) is 16.7. The van der Waals surface area contributed by atoms with Crippen LogP contribution >= 0.6 is 0 Å². The van der Waals surface area contributed by atoms with Gasteiger partial charge in [0.25, 0.3) is 0 Å². The van der Waals surface area contributed by atoms with E-state index in [4.69, 9.17) is 4.74 Å². The number of halogens is 1. The van der Waals surface area contributed by atoms with Crippen LogP contribution in [0.25, 0.3) is 0 Å². The largest absolute Gasteiger partial charge is 0.393 e. The van der Waals surface area contributed by atoms with Crippen molar-refractivity contribution < 1.29 is 24.1 Å². The number of aliphatic hydroxyl groups is 2. The van der Waals surface area contributed by atoms with Crippen molar-refractivity contribution in [3.05, 3.63) is 35.6 Å². The van der Waals surface area contributed by atoms with Crippen molar-refractivity contribution in [1.29, 1.82) is 0 Å². The molecule has 1 aromatic rings. The maximum Gasteiger partial charge on any atom is 0.219 e. The molecule has 6 heteroatoms. The minimum Gasteiger partial charge on any atom is -0.393 e. The van der Waals surface area contributed by atoms with Gasteiger partial charge in [0, 0.05) is 25.4 Å². The van der Waals surface area contributed by atoms with E-state index in [1.807, 2.05) is 6.07 Å². The van der Waals surface area contributed by atoms with Crippen LogP contribution in [0.4, 0.5) is 4.39 Å². The van der Waals surface area contributed by atoms with E-state index in [2.05, 4.69) is 34.6 Å². The van der Waals surface area contributed by atoms with Crippen LogP contribution in [0.2, 0.25) is 0 Å². The highest BCUT2D eigenvalue weighted by atomic mass is 19.1. The molecule has 7 unspecified atom stereocenters. The fourth-order valence-corrected chi connectivity index (χ4v) is 12.9. The number of fused-ring (bicyclic) bond motifs is 4. The molecule has 5 saturated carbocycles. The van der Waals surface area contributed by atoms with Gasteiger partial charge in [-0.2, -0.15) is 0 Å². The zero-order valence-corrected chi connectivity index (χ0v) is 26.5. The zero-order valence-electron chi connectivity index (χ0n) is 26.5. The summed E-state index contributed by atoms with van der Waals surface area (Å²) in [6, 6.07) is 6.46. The highest BCUT2D eigenvalue weighted by molar-refractivity contribution is 5.73. The van der Waals surface area contributed by atoms with Crippen LogP contribution in [-0.2, 0) is 16.1 Å². The third kappa shape index (κ3) is 3.61. The van der Waals surface area contributed by atoms with Gasteiger partial charge in [0.05, 0.1) is 24.4 Å². The van der Waals surface area contributed by atoms with Gasteiger partial charge in [-0.3, -0.25) is 4.79 Å².